The highest BCUT2D eigenvalue weighted by Crippen LogP contribution is 2.25. The van der Waals surface area contributed by atoms with Gasteiger partial charge in [0.1, 0.15) is 23.1 Å². The molecular formula is C22H19FN4O2. The number of carbonyl (C=O) groups excluding carboxylic acids is 1. The van der Waals surface area contributed by atoms with Gasteiger partial charge in [-0.2, -0.15) is 5.26 Å². The lowest BCUT2D eigenvalue weighted by Gasteiger charge is -2.36. The first-order valence-corrected chi connectivity index (χ1v) is 9.33. The number of rotatable bonds is 3. The van der Waals surface area contributed by atoms with Crippen LogP contribution in [0.5, 0.6) is 0 Å². The number of anilines is 1. The third-order valence-electron chi connectivity index (χ3n) is 5.08. The van der Waals surface area contributed by atoms with Crippen molar-refractivity contribution in [1.29, 1.82) is 5.26 Å². The van der Waals surface area contributed by atoms with Crippen LogP contribution in [-0.2, 0) is 0 Å². The number of hydrogen-bond donors (Lipinski definition) is 0. The van der Waals surface area contributed by atoms with Crippen molar-refractivity contribution in [3.63, 3.8) is 0 Å². The molecule has 1 aliphatic rings. The molecule has 7 heteroatoms. The minimum absolute atomic E-state index is 0.0326. The van der Waals surface area contributed by atoms with E-state index in [1.165, 1.54) is 6.07 Å². The van der Waals surface area contributed by atoms with E-state index < -0.39 is 5.82 Å². The average Bonchev–Trinajstić information content (AvgIpc) is 3.24. The van der Waals surface area contributed by atoms with Gasteiger partial charge in [0.25, 0.3) is 5.91 Å². The molecule has 29 heavy (non-hydrogen) atoms. The Hall–Kier alpha value is -3.66. The van der Waals surface area contributed by atoms with Crippen molar-refractivity contribution in [3.8, 4) is 17.3 Å². The third kappa shape index (κ3) is 3.69. The van der Waals surface area contributed by atoms with Gasteiger partial charge in [0, 0.05) is 37.8 Å². The second-order valence-corrected chi connectivity index (χ2v) is 6.97. The second kappa shape index (κ2) is 7.76. The van der Waals surface area contributed by atoms with Gasteiger partial charge < -0.3 is 14.3 Å². The SMILES string of the molecule is Cc1ccc(-c2cc(C(=O)N3CCN(c4cccc(F)c4C#N)CC3)on2)cc1. The highest BCUT2D eigenvalue weighted by molar-refractivity contribution is 5.92. The average molecular weight is 390 g/mol. The molecule has 0 saturated carbocycles. The van der Waals surface area contributed by atoms with E-state index in [1.54, 1.807) is 23.1 Å². The fraction of sp³-hybridized carbons (Fsp3) is 0.227. The number of amides is 1. The molecule has 0 radical (unpaired) electrons. The quantitative estimate of drug-likeness (QED) is 0.683. The molecule has 146 valence electrons. The molecule has 0 N–H and O–H groups in total. The van der Waals surface area contributed by atoms with Crippen molar-refractivity contribution in [2.75, 3.05) is 31.1 Å². The maximum absolute atomic E-state index is 13.9. The minimum atomic E-state index is -0.534. The zero-order valence-electron chi connectivity index (χ0n) is 15.9. The molecule has 0 atom stereocenters. The summed E-state index contributed by atoms with van der Waals surface area (Å²) in [5.41, 5.74) is 3.24. The Bertz CT molecular complexity index is 1080. The number of nitrogens with zero attached hydrogens (tertiary/aromatic N) is 4. The molecule has 1 aliphatic heterocycles. The van der Waals surface area contributed by atoms with Crippen LogP contribution >= 0.6 is 0 Å². The number of piperazine rings is 1. The van der Waals surface area contributed by atoms with Gasteiger partial charge in [-0.3, -0.25) is 4.79 Å². The van der Waals surface area contributed by atoms with Gasteiger partial charge in [-0.15, -0.1) is 0 Å². The fourth-order valence-electron chi connectivity index (χ4n) is 3.43. The number of carbonyl (C=O) groups is 1. The number of aromatic nitrogens is 1. The number of halogens is 1. The Morgan fingerprint density at radius 3 is 2.55 bits per heavy atom. The van der Waals surface area contributed by atoms with E-state index in [-0.39, 0.29) is 17.2 Å². The van der Waals surface area contributed by atoms with E-state index in [0.717, 1.165) is 11.1 Å². The van der Waals surface area contributed by atoms with Crippen LogP contribution in [0.15, 0.2) is 53.1 Å². The number of aryl methyl sites for hydroxylation is 1. The number of hydrogen-bond acceptors (Lipinski definition) is 5. The first-order chi connectivity index (χ1) is 14.1. The monoisotopic (exact) mass is 390 g/mol. The highest BCUT2D eigenvalue weighted by atomic mass is 19.1. The van der Waals surface area contributed by atoms with Gasteiger partial charge in [-0.1, -0.05) is 41.1 Å². The van der Waals surface area contributed by atoms with E-state index in [0.29, 0.717) is 37.6 Å². The molecular weight excluding hydrogens is 371 g/mol. The van der Waals surface area contributed by atoms with E-state index >= 15 is 0 Å². The Morgan fingerprint density at radius 1 is 1.14 bits per heavy atom. The topological polar surface area (TPSA) is 73.4 Å². The zero-order valence-corrected chi connectivity index (χ0v) is 15.9. The van der Waals surface area contributed by atoms with E-state index in [2.05, 4.69) is 5.16 Å². The predicted molar refractivity (Wildman–Crippen MR) is 106 cm³/mol. The standard InChI is InChI=1S/C22H19FN4O2/c1-15-5-7-16(8-6-15)19-13-21(29-25-19)22(28)27-11-9-26(10-12-27)20-4-2-3-18(23)17(20)14-24/h2-8,13H,9-12H2,1H3. The van der Waals surface area contributed by atoms with Crippen molar-refractivity contribution >= 4 is 11.6 Å². The lowest BCUT2D eigenvalue weighted by molar-refractivity contribution is 0.0705. The first-order valence-electron chi connectivity index (χ1n) is 9.33. The van der Waals surface area contributed by atoms with Crippen molar-refractivity contribution in [2.24, 2.45) is 0 Å². The van der Waals surface area contributed by atoms with Crippen molar-refractivity contribution in [1.82, 2.24) is 10.1 Å². The molecule has 3 aromatic rings. The van der Waals surface area contributed by atoms with Gasteiger partial charge in [-0.25, -0.2) is 4.39 Å². The van der Waals surface area contributed by atoms with Crippen LogP contribution in [0.3, 0.4) is 0 Å². The molecule has 4 rings (SSSR count). The molecule has 2 aromatic carbocycles. The second-order valence-electron chi connectivity index (χ2n) is 6.97. The van der Waals surface area contributed by atoms with Crippen molar-refractivity contribution in [3.05, 3.63) is 71.2 Å². The van der Waals surface area contributed by atoms with E-state index in [4.69, 9.17) is 4.52 Å². The molecule has 2 heterocycles. The zero-order chi connectivity index (χ0) is 20.4. The van der Waals surface area contributed by atoms with E-state index in [9.17, 15) is 14.4 Å². The fourth-order valence-corrected chi connectivity index (χ4v) is 3.43. The predicted octanol–water partition coefficient (Wildman–Crippen LogP) is 3.62. The van der Waals surface area contributed by atoms with Gasteiger partial charge >= 0.3 is 0 Å². The van der Waals surface area contributed by atoms with Crippen LogP contribution in [0.1, 0.15) is 21.7 Å². The largest absolute Gasteiger partial charge is 0.367 e. The molecule has 1 saturated heterocycles. The van der Waals surface area contributed by atoms with Gasteiger partial charge in [0.2, 0.25) is 5.76 Å². The Kier molecular flexibility index (Phi) is 5.00. The maximum Gasteiger partial charge on any atom is 0.292 e. The maximum atomic E-state index is 13.9. The summed E-state index contributed by atoms with van der Waals surface area (Å²) in [6, 6.07) is 16.0. The molecule has 0 unspecified atom stereocenters. The number of nitriles is 1. The summed E-state index contributed by atoms with van der Waals surface area (Å²) in [6.45, 7) is 3.90. The van der Waals surface area contributed by atoms with Gasteiger partial charge in [0.05, 0.1) is 5.69 Å². The summed E-state index contributed by atoms with van der Waals surface area (Å²) in [5, 5.41) is 13.2. The molecule has 0 spiro atoms. The Morgan fingerprint density at radius 2 is 1.86 bits per heavy atom. The smallest absolute Gasteiger partial charge is 0.292 e. The van der Waals surface area contributed by atoms with Gasteiger partial charge in [0.15, 0.2) is 0 Å². The van der Waals surface area contributed by atoms with Crippen molar-refractivity contribution < 1.29 is 13.7 Å². The summed E-state index contributed by atoms with van der Waals surface area (Å²) < 4.78 is 19.1. The Balaban J connectivity index is 1.44. The van der Waals surface area contributed by atoms with Crippen LogP contribution in [0.4, 0.5) is 10.1 Å². The summed E-state index contributed by atoms with van der Waals surface area (Å²) >= 11 is 0. The molecule has 0 bridgehead atoms. The first kappa shape index (κ1) is 18.7. The summed E-state index contributed by atoms with van der Waals surface area (Å²) in [5.74, 6) is -0.568. The number of benzene rings is 2. The summed E-state index contributed by atoms with van der Waals surface area (Å²) in [7, 11) is 0. The minimum Gasteiger partial charge on any atom is -0.367 e. The molecule has 1 fully saturated rings. The third-order valence-corrected chi connectivity index (χ3v) is 5.08. The molecule has 1 amide bonds. The summed E-state index contributed by atoms with van der Waals surface area (Å²) in [6.07, 6.45) is 0. The summed E-state index contributed by atoms with van der Waals surface area (Å²) in [4.78, 5) is 16.4. The van der Waals surface area contributed by atoms with Crippen LogP contribution in [0.2, 0.25) is 0 Å². The normalized spacial score (nSPS) is 14.0. The van der Waals surface area contributed by atoms with Gasteiger partial charge in [-0.05, 0) is 19.1 Å². The van der Waals surface area contributed by atoms with E-state index in [1.807, 2.05) is 42.2 Å². The highest BCUT2D eigenvalue weighted by Gasteiger charge is 2.26. The lowest BCUT2D eigenvalue weighted by atomic mass is 10.1. The van der Waals surface area contributed by atoms with Crippen LogP contribution in [0.25, 0.3) is 11.3 Å². The molecule has 1 aromatic heterocycles. The lowest BCUT2D eigenvalue weighted by Crippen LogP contribution is -2.49. The van der Waals surface area contributed by atoms with Crippen molar-refractivity contribution in [2.45, 2.75) is 6.92 Å². The molecule has 6 nitrogen and oxygen atoms in total. The van der Waals surface area contributed by atoms with Crippen LogP contribution in [-0.4, -0.2) is 42.1 Å². The Labute approximate surface area is 167 Å². The van der Waals surface area contributed by atoms with Crippen LogP contribution < -0.4 is 4.90 Å². The molecule has 0 aliphatic carbocycles. The van der Waals surface area contributed by atoms with Crippen LogP contribution in [0, 0.1) is 24.1 Å².